The third kappa shape index (κ3) is 4.19. The maximum absolute atomic E-state index is 11.7. The molecular formula is C15H20ClN3O2. The van der Waals surface area contributed by atoms with Crippen molar-refractivity contribution in [3.8, 4) is 0 Å². The van der Waals surface area contributed by atoms with Crippen molar-refractivity contribution >= 4 is 34.8 Å². The van der Waals surface area contributed by atoms with Crippen molar-refractivity contribution in [1.82, 2.24) is 5.32 Å². The summed E-state index contributed by atoms with van der Waals surface area (Å²) in [5.74, 6) is -0.0121. The van der Waals surface area contributed by atoms with Crippen LogP contribution in [-0.2, 0) is 9.59 Å². The SMILES string of the molecule is CCCNCC(=O)Nc1ccc(N2CCCC2=O)c(Cl)c1. The van der Waals surface area contributed by atoms with Gasteiger partial charge in [0.05, 0.1) is 17.3 Å². The van der Waals surface area contributed by atoms with E-state index in [1.54, 1.807) is 23.1 Å². The highest BCUT2D eigenvalue weighted by Gasteiger charge is 2.23. The highest BCUT2D eigenvalue weighted by molar-refractivity contribution is 6.34. The van der Waals surface area contributed by atoms with Crippen LogP contribution in [0.2, 0.25) is 5.02 Å². The summed E-state index contributed by atoms with van der Waals surface area (Å²) in [7, 11) is 0. The highest BCUT2D eigenvalue weighted by atomic mass is 35.5. The van der Waals surface area contributed by atoms with Crippen molar-refractivity contribution in [1.29, 1.82) is 0 Å². The summed E-state index contributed by atoms with van der Waals surface area (Å²) in [5.41, 5.74) is 1.35. The van der Waals surface area contributed by atoms with E-state index >= 15 is 0 Å². The number of carbonyl (C=O) groups excluding carboxylic acids is 2. The molecule has 114 valence electrons. The molecule has 2 rings (SSSR count). The van der Waals surface area contributed by atoms with E-state index in [9.17, 15) is 9.59 Å². The number of anilines is 2. The van der Waals surface area contributed by atoms with Crippen LogP contribution < -0.4 is 15.5 Å². The molecule has 1 aliphatic heterocycles. The Morgan fingerprint density at radius 3 is 2.86 bits per heavy atom. The van der Waals surface area contributed by atoms with E-state index in [2.05, 4.69) is 10.6 Å². The lowest BCUT2D eigenvalue weighted by Crippen LogP contribution is -2.28. The number of nitrogens with zero attached hydrogens (tertiary/aromatic N) is 1. The first kappa shape index (κ1) is 15.8. The molecule has 5 nitrogen and oxygen atoms in total. The lowest BCUT2D eigenvalue weighted by molar-refractivity contribution is -0.117. The Morgan fingerprint density at radius 1 is 1.43 bits per heavy atom. The van der Waals surface area contributed by atoms with Gasteiger partial charge in [0.15, 0.2) is 0 Å². The number of nitrogens with one attached hydrogen (secondary N) is 2. The molecule has 2 amide bonds. The van der Waals surface area contributed by atoms with Crippen LogP contribution in [-0.4, -0.2) is 31.4 Å². The average Bonchev–Trinajstić information content (AvgIpc) is 2.85. The van der Waals surface area contributed by atoms with Gasteiger partial charge in [-0.3, -0.25) is 9.59 Å². The number of carbonyl (C=O) groups is 2. The Balaban J connectivity index is 1.98. The zero-order valence-electron chi connectivity index (χ0n) is 12.1. The molecule has 0 spiro atoms. The summed E-state index contributed by atoms with van der Waals surface area (Å²) >= 11 is 6.22. The molecule has 0 bridgehead atoms. The van der Waals surface area contributed by atoms with E-state index < -0.39 is 0 Å². The standard InChI is InChI=1S/C15H20ClN3O2/c1-2-7-17-10-14(20)18-11-5-6-13(12(16)9-11)19-8-3-4-15(19)21/h5-6,9,17H,2-4,7-8,10H2,1H3,(H,18,20). The van der Waals surface area contributed by atoms with Crippen LogP contribution in [0.1, 0.15) is 26.2 Å². The topological polar surface area (TPSA) is 61.4 Å². The molecular weight excluding hydrogens is 290 g/mol. The second kappa shape index (κ2) is 7.43. The van der Waals surface area contributed by atoms with Gasteiger partial charge < -0.3 is 15.5 Å². The van der Waals surface area contributed by atoms with Crippen LogP contribution in [0.5, 0.6) is 0 Å². The second-order valence-corrected chi connectivity index (χ2v) is 5.45. The summed E-state index contributed by atoms with van der Waals surface area (Å²) in [6, 6.07) is 5.23. The third-order valence-corrected chi connectivity index (χ3v) is 3.61. The first-order chi connectivity index (χ1) is 10.1. The molecule has 1 aromatic rings. The Morgan fingerprint density at radius 2 is 2.24 bits per heavy atom. The van der Waals surface area contributed by atoms with Gasteiger partial charge in [0, 0.05) is 18.7 Å². The molecule has 6 heteroatoms. The van der Waals surface area contributed by atoms with Crippen molar-refractivity contribution in [2.75, 3.05) is 29.9 Å². The van der Waals surface area contributed by atoms with E-state index in [1.807, 2.05) is 6.92 Å². The number of hydrogen-bond donors (Lipinski definition) is 2. The Labute approximate surface area is 129 Å². The maximum atomic E-state index is 11.7. The van der Waals surface area contributed by atoms with Crippen LogP contribution in [0, 0.1) is 0 Å². The number of halogens is 1. The largest absolute Gasteiger partial charge is 0.325 e. The Bertz CT molecular complexity index is 534. The molecule has 0 atom stereocenters. The fraction of sp³-hybridized carbons (Fsp3) is 0.467. The lowest BCUT2D eigenvalue weighted by atomic mass is 10.2. The van der Waals surface area contributed by atoms with Crippen molar-refractivity contribution in [2.45, 2.75) is 26.2 Å². The molecule has 0 radical (unpaired) electrons. The molecule has 1 fully saturated rings. The molecule has 0 aromatic heterocycles. The van der Waals surface area contributed by atoms with E-state index in [0.717, 1.165) is 19.4 Å². The van der Waals surface area contributed by atoms with Gasteiger partial charge in [-0.2, -0.15) is 0 Å². The van der Waals surface area contributed by atoms with Gasteiger partial charge in [-0.05, 0) is 37.6 Å². The quantitative estimate of drug-likeness (QED) is 0.793. The van der Waals surface area contributed by atoms with Gasteiger partial charge in [-0.15, -0.1) is 0 Å². The molecule has 1 aliphatic rings. The number of rotatable bonds is 6. The average molecular weight is 310 g/mol. The van der Waals surface area contributed by atoms with Gasteiger partial charge in [0.2, 0.25) is 11.8 Å². The minimum atomic E-state index is -0.107. The Kier molecular flexibility index (Phi) is 5.59. The van der Waals surface area contributed by atoms with Crippen molar-refractivity contribution in [2.24, 2.45) is 0 Å². The van der Waals surface area contributed by atoms with Crippen LogP contribution in [0.3, 0.4) is 0 Å². The summed E-state index contributed by atoms with van der Waals surface area (Å²) in [6.07, 6.45) is 2.41. The van der Waals surface area contributed by atoms with Crippen LogP contribution in [0.4, 0.5) is 11.4 Å². The van der Waals surface area contributed by atoms with Gasteiger partial charge >= 0.3 is 0 Å². The molecule has 2 N–H and O–H groups in total. The number of amides is 2. The summed E-state index contributed by atoms with van der Waals surface area (Å²) in [6.45, 7) is 3.83. The van der Waals surface area contributed by atoms with E-state index in [0.29, 0.717) is 29.4 Å². The van der Waals surface area contributed by atoms with Crippen LogP contribution in [0.25, 0.3) is 0 Å². The van der Waals surface area contributed by atoms with Crippen molar-refractivity contribution in [3.05, 3.63) is 23.2 Å². The van der Waals surface area contributed by atoms with Gasteiger partial charge in [-0.25, -0.2) is 0 Å². The van der Waals surface area contributed by atoms with Gasteiger partial charge in [0.25, 0.3) is 0 Å². The molecule has 0 aliphatic carbocycles. The van der Waals surface area contributed by atoms with Crippen LogP contribution >= 0.6 is 11.6 Å². The number of hydrogen-bond acceptors (Lipinski definition) is 3. The summed E-state index contributed by atoms with van der Waals surface area (Å²) in [4.78, 5) is 25.1. The van der Waals surface area contributed by atoms with E-state index in [4.69, 9.17) is 11.6 Å². The predicted molar refractivity (Wildman–Crippen MR) is 84.8 cm³/mol. The number of benzene rings is 1. The molecule has 1 heterocycles. The monoisotopic (exact) mass is 309 g/mol. The highest BCUT2D eigenvalue weighted by Crippen LogP contribution is 2.31. The van der Waals surface area contributed by atoms with Gasteiger partial charge in [-0.1, -0.05) is 18.5 Å². The minimum absolute atomic E-state index is 0.0949. The Hall–Kier alpha value is -1.59. The first-order valence-corrected chi connectivity index (χ1v) is 7.60. The van der Waals surface area contributed by atoms with Gasteiger partial charge in [0.1, 0.15) is 0 Å². The molecule has 1 saturated heterocycles. The first-order valence-electron chi connectivity index (χ1n) is 7.22. The fourth-order valence-corrected chi connectivity index (χ4v) is 2.57. The molecule has 0 unspecified atom stereocenters. The third-order valence-electron chi connectivity index (χ3n) is 3.31. The molecule has 21 heavy (non-hydrogen) atoms. The second-order valence-electron chi connectivity index (χ2n) is 5.04. The lowest BCUT2D eigenvalue weighted by Gasteiger charge is -2.18. The van der Waals surface area contributed by atoms with E-state index in [1.165, 1.54) is 0 Å². The smallest absolute Gasteiger partial charge is 0.238 e. The zero-order chi connectivity index (χ0) is 15.2. The van der Waals surface area contributed by atoms with Crippen LogP contribution in [0.15, 0.2) is 18.2 Å². The molecule has 0 saturated carbocycles. The zero-order valence-corrected chi connectivity index (χ0v) is 12.9. The van der Waals surface area contributed by atoms with Crippen molar-refractivity contribution < 1.29 is 9.59 Å². The summed E-state index contributed by atoms with van der Waals surface area (Å²) in [5, 5.41) is 6.29. The fourth-order valence-electron chi connectivity index (χ4n) is 2.29. The normalized spacial score (nSPS) is 14.6. The van der Waals surface area contributed by atoms with E-state index in [-0.39, 0.29) is 18.4 Å². The predicted octanol–water partition coefficient (Wildman–Crippen LogP) is 2.40. The van der Waals surface area contributed by atoms with Crippen molar-refractivity contribution in [3.63, 3.8) is 0 Å². The minimum Gasteiger partial charge on any atom is -0.325 e. The maximum Gasteiger partial charge on any atom is 0.238 e. The molecule has 1 aromatic carbocycles. The summed E-state index contributed by atoms with van der Waals surface area (Å²) < 4.78 is 0.